The summed E-state index contributed by atoms with van der Waals surface area (Å²) in [4.78, 5) is 42.0. The van der Waals surface area contributed by atoms with Crippen LogP contribution in [0.25, 0.3) is 0 Å². The van der Waals surface area contributed by atoms with Gasteiger partial charge >= 0.3 is 5.97 Å². The number of nitrogens with one attached hydrogen (secondary N) is 1. The van der Waals surface area contributed by atoms with Gasteiger partial charge in [0.05, 0.1) is 5.56 Å². The Morgan fingerprint density at radius 1 is 1.33 bits per heavy atom. The van der Waals surface area contributed by atoms with Crippen LogP contribution in [0.4, 0.5) is 0 Å². The van der Waals surface area contributed by atoms with Crippen LogP contribution < -0.4 is 5.56 Å². The molecule has 0 fully saturated rings. The van der Waals surface area contributed by atoms with Crippen molar-refractivity contribution in [1.82, 2.24) is 14.5 Å². The fourth-order valence-electron chi connectivity index (χ4n) is 1.62. The molecule has 110 valence electrons. The molecule has 2 aromatic rings. The molecule has 0 aromatic carbocycles. The average Bonchev–Trinajstić information content (AvgIpc) is 2.90. The van der Waals surface area contributed by atoms with E-state index in [-0.39, 0.29) is 11.1 Å². The van der Waals surface area contributed by atoms with E-state index >= 15 is 0 Å². The first-order valence-corrected chi connectivity index (χ1v) is 6.27. The predicted molar refractivity (Wildman–Crippen MR) is 74.2 cm³/mol. The summed E-state index contributed by atoms with van der Waals surface area (Å²) in [6.45, 7) is 5.08. The predicted octanol–water partition coefficient (Wildman–Crippen LogP) is 1.22. The third kappa shape index (κ3) is 3.44. The molecule has 0 spiro atoms. The van der Waals surface area contributed by atoms with E-state index in [4.69, 9.17) is 4.74 Å². The Labute approximate surface area is 120 Å². The summed E-state index contributed by atoms with van der Waals surface area (Å²) in [5.41, 5.74) is -1.38. The number of pyridine rings is 1. The van der Waals surface area contributed by atoms with Gasteiger partial charge in [-0.25, -0.2) is 9.78 Å². The lowest BCUT2D eigenvalue weighted by atomic mass is 10.1. The van der Waals surface area contributed by atoms with Crippen LogP contribution in [0.2, 0.25) is 0 Å². The maximum Gasteiger partial charge on any atom is 0.344 e. The Bertz CT molecular complexity index is 723. The average molecular weight is 289 g/mol. The van der Waals surface area contributed by atoms with Gasteiger partial charge in [0.25, 0.3) is 11.5 Å². The van der Waals surface area contributed by atoms with Crippen molar-refractivity contribution in [2.45, 2.75) is 26.4 Å². The number of imidazole rings is 1. The van der Waals surface area contributed by atoms with Gasteiger partial charge in [0.1, 0.15) is 17.5 Å². The molecule has 0 amide bonds. The lowest BCUT2D eigenvalue weighted by Gasteiger charge is -2.19. The number of aromatic nitrogens is 3. The van der Waals surface area contributed by atoms with Gasteiger partial charge in [0.2, 0.25) is 0 Å². The maximum absolute atomic E-state index is 12.1. The van der Waals surface area contributed by atoms with Gasteiger partial charge in [-0.3, -0.25) is 14.2 Å². The molecule has 2 aromatic heterocycles. The monoisotopic (exact) mass is 289 g/mol. The first kappa shape index (κ1) is 14.7. The molecule has 7 nitrogen and oxygen atoms in total. The molecule has 0 bridgehead atoms. The molecule has 0 aliphatic rings. The number of esters is 1. The SMILES string of the molecule is CC(C)(C)OC(=O)c1cc(C(=O)n2ccnc2)c[nH]c1=O. The van der Waals surface area contributed by atoms with Crippen LogP contribution in [0.5, 0.6) is 0 Å². The number of hydrogen-bond acceptors (Lipinski definition) is 5. The molecular formula is C14H15N3O4. The molecule has 2 heterocycles. The Morgan fingerprint density at radius 3 is 2.62 bits per heavy atom. The molecule has 0 unspecified atom stereocenters. The number of aromatic amines is 1. The summed E-state index contributed by atoms with van der Waals surface area (Å²) in [5, 5.41) is 0. The van der Waals surface area contributed by atoms with Gasteiger partial charge < -0.3 is 9.72 Å². The topological polar surface area (TPSA) is 94.1 Å². The van der Waals surface area contributed by atoms with Gasteiger partial charge in [-0.1, -0.05) is 0 Å². The number of carbonyl (C=O) groups excluding carboxylic acids is 2. The van der Waals surface area contributed by atoms with Crippen LogP contribution >= 0.6 is 0 Å². The Morgan fingerprint density at radius 2 is 2.05 bits per heavy atom. The zero-order valence-electron chi connectivity index (χ0n) is 11.9. The summed E-state index contributed by atoms with van der Waals surface area (Å²) in [6, 6.07) is 1.22. The largest absolute Gasteiger partial charge is 0.456 e. The second-order valence-corrected chi connectivity index (χ2v) is 5.41. The number of H-pyrrole nitrogens is 1. The second kappa shape index (κ2) is 5.35. The third-order valence-electron chi connectivity index (χ3n) is 2.51. The molecule has 0 aliphatic heterocycles. The highest BCUT2D eigenvalue weighted by atomic mass is 16.6. The van der Waals surface area contributed by atoms with Crippen molar-refractivity contribution in [1.29, 1.82) is 0 Å². The summed E-state index contributed by atoms with van der Waals surface area (Å²) >= 11 is 0. The van der Waals surface area contributed by atoms with Crippen LogP contribution in [-0.4, -0.2) is 32.0 Å². The van der Waals surface area contributed by atoms with Crippen LogP contribution in [0.3, 0.4) is 0 Å². The Balaban J connectivity index is 2.36. The lowest BCUT2D eigenvalue weighted by molar-refractivity contribution is 0.00675. The molecule has 0 radical (unpaired) electrons. The normalized spacial score (nSPS) is 11.2. The fourth-order valence-corrected chi connectivity index (χ4v) is 1.62. The van der Waals surface area contributed by atoms with Gasteiger partial charge in [0.15, 0.2) is 0 Å². The van der Waals surface area contributed by atoms with Crippen molar-refractivity contribution in [2.24, 2.45) is 0 Å². The summed E-state index contributed by atoms with van der Waals surface area (Å²) in [5.74, 6) is -1.18. The van der Waals surface area contributed by atoms with Gasteiger partial charge in [0, 0.05) is 18.6 Å². The minimum atomic E-state index is -0.774. The number of hydrogen-bond donors (Lipinski definition) is 1. The van der Waals surface area contributed by atoms with Gasteiger partial charge in [-0.2, -0.15) is 0 Å². The van der Waals surface area contributed by atoms with Crippen molar-refractivity contribution in [2.75, 3.05) is 0 Å². The van der Waals surface area contributed by atoms with E-state index in [2.05, 4.69) is 9.97 Å². The quantitative estimate of drug-likeness (QED) is 0.839. The summed E-state index contributed by atoms with van der Waals surface area (Å²) in [6.07, 6.45) is 5.51. The third-order valence-corrected chi connectivity index (χ3v) is 2.51. The molecule has 0 saturated carbocycles. The molecule has 1 N–H and O–H groups in total. The Kier molecular flexibility index (Phi) is 3.75. The van der Waals surface area contributed by atoms with E-state index in [1.807, 2.05) is 0 Å². The minimum Gasteiger partial charge on any atom is -0.456 e. The molecule has 0 aliphatic carbocycles. The first-order valence-electron chi connectivity index (χ1n) is 6.27. The number of rotatable bonds is 2. The number of ether oxygens (including phenoxy) is 1. The minimum absolute atomic E-state index is 0.161. The zero-order chi connectivity index (χ0) is 15.6. The van der Waals surface area contributed by atoms with Crippen LogP contribution in [0.1, 0.15) is 41.5 Å². The lowest BCUT2D eigenvalue weighted by Crippen LogP contribution is -2.28. The molecular weight excluding hydrogens is 274 g/mol. The first-order chi connectivity index (χ1) is 9.78. The number of nitrogens with zero attached hydrogens (tertiary/aromatic N) is 2. The number of carbonyl (C=O) groups is 2. The van der Waals surface area contributed by atoms with E-state index in [1.54, 1.807) is 20.8 Å². The highest BCUT2D eigenvalue weighted by Gasteiger charge is 2.22. The molecule has 21 heavy (non-hydrogen) atoms. The molecule has 7 heteroatoms. The fraction of sp³-hybridized carbons (Fsp3) is 0.286. The van der Waals surface area contributed by atoms with Crippen LogP contribution in [0.15, 0.2) is 35.8 Å². The van der Waals surface area contributed by atoms with Crippen molar-refractivity contribution in [3.05, 3.63) is 52.5 Å². The van der Waals surface area contributed by atoms with E-state index < -0.39 is 23.0 Å². The van der Waals surface area contributed by atoms with Crippen LogP contribution in [0, 0.1) is 0 Å². The molecule has 0 saturated heterocycles. The van der Waals surface area contributed by atoms with Gasteiger partial charge in [-0.15, -0.1) is 0 Å². The van der Waals surface area contributed by atoms with Crippen molar-refractivity contribution < 1.29 is 14.3 Å². The highest BCUT2D eigenvalue weighted by Crippen LogP contribution is 2.11. The van der Waals surface area contributed by atoms with E-state index in [9.17, 15) is 14.4 Å². The van der Waals surface area contributed by atoms with E-state index in [1.165, 1.54) is 35.6 Å². The summed E-state index contributed by atoms with van der Waals surface area (Å²) < 4.78 is 6.38. The van der Waals surface area contributed by atoms with Crippen molar-refractivity contribution >= 4 is 11.9 Å². The molecule has 0 atom stereocenters. The zero-order valence-corrected chi connectivity index (χ0v) is 11.9. The smallest absolute Gasteiger partial charge is 0.344 e. The maximum atomic E-state index is 12.1. The summed E-state index contributed by atoms with van der Waals surface area (Å²) in [7, 11) is 0. The second-order valence-electron chi connectivity index (χ2n) is 5.41. The van der Waals surface area contributed by atoms with Gasteiger partial charge in [-0.05, 0) is 26.8 Å². The Hall–Kier alpha value is -2.70. The van der Waals surface area contributed by atoms with Crippen LogP contribution in [-0.2, 0) is 4.74 Å². The molecule has 2 rings (SSSR count). The van der Waals surface area contributed by atoms with Crippen molar-refractivity contribution in [3.8, 4) is 0 Å². The standard InChI is InChI=1S/C14H15N3O4/c1-14(2,3)21-13(20)10-6-9(7-16-11(10)18)12(19)17-5-4-15-8-17/h4-8H,1-3H3,(H,16,18). The highest BCUT2D eigenvalue weighted by molar-refractivity contribution is 5.98. The van der Waals surface area contributed by atoms with E-state index in [0.29, 0.717) is 0 Å². The van der Waals surface area contributed by atoms with Crippen molar-refractivity contribution in [3.63, 3.8) is 0 Å². The van der Waals surface area contributed by atoms with E-state index in [0.717, 1.165) is 0 Å².